The molecule has 202 valence electrons. The van der Waals surface area contributed by atoms with Crippen LogP contribution >= 0.6 is 0 Å². The highest BCUT2D eigenvalue weighted by Crippen LogP contribution is 2.54. The highest BCUT2D eigenvalue weighted by Gasteiger charge is 2.42. The van der Waals surface area contributed by atoms with E-state index in [1.165, 1.54) is 0 Å². The van der Waals surface area contributed by atoms with Gasteiger partial charge in [-0.05, 0) is 71.2 Å². The molecule has 5 nitrogen and oxygen atoms in total. The molecule has 6 rings (SSSR count). The standard InChI is InChI=1S/C35H35N3O2/c1-3-4-15-27-29-28(25-16-8-9-17-26(25)30(29)35(37)40)31(32(36)33(27)38-19-18-21(38)2)34(39)24-14-10-13-23(20-24)22-11-6-5-7-12-22/h5-14,16-17,20-21,30H,3-4,15,18-19,36H2,1-2H3,(H2,37,40). The van der Waals surface area contributed by atoms with Gasteiger partial charge in [0.25, 0.3) is 0 Å². The molecule has 2 aliphatic rings. The van der Waals surface area contributed by atoms with Crippen molar-refractivity contribution in [2.24, 2.45) is 5.73 Å². The zero-order valence-corrected chi connectivity index (χ0v) is 23.1. The SMILES string of the molecule is CCCCc1c2c(c(C(=O)c3cccc(-c4ccccc4)c3)c(N)c1N1CCC1C)-c1ccccc1C2C(N)=O. The molecule has 2 atom stereocenters. The molecular formula is C35H35N3O2. The molecule has 5 heteroatoms. The molecule has 2 unspecified atom stereocenters. The minimum atomic E-state index is -0.615. The minimum absolute atomic E-state index is 0.136. The van der Waals surface area contributed by atoms with Crippen molar-refractivity contribution in [2.75, 3.05) is 17.2 Å². The fraction of sp³-hybridized carbons (Fsp3) is 0.257. The van der Waals surface area contributed by atoms with Crippen molar-refractivity contribution in [3.05, 3.63) is 107 Å². The van der Waals surface area contributed by atoms with Gasteiger partial charge in [-0.3, -0.25) is 9.59 Å². The van der Waals surface area contributed by atoms with Gasteiger partial charge in [-0.25, -0.2) is 0 Å². The van der Waals surface area contributed by atoms with Gasteiger partial charge in [0.15, 0.2) is 5.78 Å². The predicted molar refractivity (Wildman–Crippen MR) is 163 cm³/mol. The van der Waals surface area contributed by atoms with E-state index in [1.807, 2.05) is 78.9 Å². The van der Waals surface area contributed by atoms with Gasteiger partial charge in [0.05, 0.1) is 22.9 Å². The van der Waals surface area contributed by atoms with Crippen LogP contribution in [0, 0.1) is 0 Å². The maximum Gasteiger partial charge on any atom is 0.229 e. The third kappa shape index (κ3) is 4.08. The van der Waals surface area contributed by atoms with Crippen LogP contribution in [-0.2, 0) is 11.2 Å². The number of fused-ring (bicyclic) bond motifs is 3. The predicted octanol–water partition coefficient (Wildman–Crippen LogP) is 6.71. The quantitative estimate of drug-likeness (QED) is 0.196. The summed E-state index contributed by atoms with van der Waals surface area (Å²) in [5, 5.41) is 0. The molecule has 0 aromatic heterocycles. The van der Waals surface area contributed by atoms with Crippen molar-refractivity contribution in [1.29, 1.82) is 0 Å². The van der Waals surface area contributed by atoms with Crippen molar-refractivity contribution >= 4 is 23.1 Å². The summed E-state index contributed by atoms with van der Waals surface area (Å²) in [6, 6.07) is 25.9. The number of hydrogen-bond donors (Lipinski definition) is 2. The van der Waals surface area contributed by atoms with Gasteiger partial charge >= 0.3 is 0 Å². The van der Waals surface area contributed by atoms with E-state index in [9.17, 15) is 9.59 Å². The van der Waals surface area contributed by atoms with Crippen molar-refractivity contribution in [3.63, 3.8) is 0 Å². The van der Waals surface area contributed by atoms with Gasteiger partial charge in [-0.2, -0.15) is 0 Å². The maximum atomic E-state index is 14.6. The lowest BCUT2D eigenvalue weighted by atomic mass is 9.82. The molecule has 0 spiro atoms. The van der Waals surface area contributed by atoms with Gasteiger partial charge < -0.3 is 16.4 Å². The largest absolute Gasteiger partial charge is 0.396 e. The van der Waals surface area contributed by atoms with Crippen molar-refractivity contribution in [1.82, 2.24) is 0 Å². The molecule has 1 amide bonds. The van der Waals surface area contributed by atoms with E-state index in [0.717, 1.165) is 76.9 Å². The van der Waals surface area contributed by atoms with E-state index in [1.54, 1.807) is 0 Å². The number of nitrogens with zero attached hydrogens (tertiary/aromatic N) is 1. The van der Waals surface area contributed by atoms with E-state index in [2.05, 4.69) is 18.7 Å². The molecule has 1 heterocycles. The third-order valence-corrected chi connectivity index (χ3v) is 8.62. The first kappa shape index (κ1) is 25.9. The topological polar surface area (TPSA) is 89.4 Å². The molecule has 1 saturated heterocycles. The zero-order valence-electron chi connectivity index (χ0n) is 23.1. The van der Waals surface area contributed by atoms with Crippen LogP contribution < -0.4 is 16.4 Å². The summed E-state index contributed by atoms with van der Waals surface area (Å²) >= 11 is 0. The van der Waals surface area contributed by atoms with Crippen LogP contribution in [0.3, 0.4) is 0 Å². The summed E-state index contributed by atoms with van der Waals surface area (Å²) in [6.45, 7) is 5.22. The second-order valence-corrected chi connectivity index (χ2v) is 11.0. The molecular weight excluding hydrogens is 494 g/mol. The van der Waals surface area contributed by atoms with Crippen LogP contribution in [0.4, 0.5) is 11.4 Å². The number of carbonyl (C=O) groups excluding carboxylic acids is 2. The minimum Gasteiger partial charge on any atom is -0.396 e. The third-order valence-electron chi connectivity index (χ3n) is 8.62. The van der Waals surface area contributed by atoms with E-state index in [4.69, 9.17) is 11.5 Å². The number of nitrogen functional groups attached to an aromatic ring is 1. The fourth-order valence-electron chi connectivity index (χ4n) is 6.49. The van der Waals surface area contributed by atoms with Gasteiger partial charge in [0, 0.05) is 18.2 Å². The van der Waals surface area contributed by atoms with Gasteiger partial charge in [-0.15, -0.1) is 0 Å². The molecule has 40 heavy (non-hydrogen) atoms. The first-order valence-corrected chi connectivity index (χ1v) is 14.3. The highest BCUT2D eigenvalue weighted by molar-refractivity contribution is 6.20. The molecule has 1 fully saturated rings. The van der Waals surface area contributed by atoms with Crippen LogP contribution in [-0.4, -0.2) is 24.3 Å². The Balaban J connectivity index is 1.64. The number of hydrogen-bond acceptors (Lipinski definition) is 4. The lowest BCUT2D eigenvalue weighted by molar-refractivity contribution is -0.118. The van der Waals surface area contributed by atoms with Crippen molar-refractivity contribution in [3.8, 4) is 22.3 Å². The monoisotopic (exact) mass is 529 g/mol. The summed E-state index contributed by atoms with van der Waals surface area (Å²) in [5.41, 5.74) is 22.1. The Morgan fingerprint density at radius 1 is 0.950 bits per heavy atom. The van der Waals surface area contributed by atoms with Crippen LogP contribution in [0.5, 0.6) is 0 Å². The van der Waals surface area contributed by atoms with E-state index >= 15 is 0 Å². The first-order valence-electron chi connectivity index (χ1n) is 14.3. The zero-order chi connectivity index (χ0) is 28.0. The Morgan fingerprint density at radius 2 is 1.68 bits per heavy atom. The summed E-state index contributed by atoms with van der Waals surface area (Å²) in [5.74, 6) is -1.15. The number of primary amides is 1. The highest BCUT2D eigenvalue weighted by atomic mass is 16.1. The maximum absolute atomic E-state index is 14.6. The summed E-state index contributed by atoms with van der Waals surface area (Å²) in [7, 11) is 0. The number of rotatable bonds is 8. The normalized spacial score (nSPS) is 17.2. The average Bonchev–Trinajstić information content (AvgIpc) is 3.31. The van der Waals surface area contributed by atoms with Gasteiger partial charge in [-0.1, -0.05) is 86.1 Å². The Morgan fingerprint density at radius 3 is 2.35 bits per heavy atom. The summed E-state index contributed by atoms with van der Waals surface area (Å²) in [4.78, 5) is 30.0. The van der Waals surface area contributed by atoms with Crippen LogP contribution in [0.15, 0.2) is 78.9 Å². The molecule has 1 aliphatic heterocycles. The molecule has 4 N–H and O–H groups in total. The summed E-state index contributed by atoms with van der Waals surface area (Å²) < 4.78 is 0. The van der Waals surface area contributed by atoms with E-state index < -0.39 is 11.8 Å². The Labute approximate surface area is 235 Å². The van der Waals surface area contributed by atoms with Gasteiger partial charge in [0.2, 0.25) is 5.91 Å². The number of carbonyl (C=O) groups is 2. The Bertz CT molecular complexity index is 1630. The number of nitrogens with two attached hydrogens (primary N) is 2. The number of anilines is 2. The fourth-order valence-corrected chi connectivity index (χ4v) is 6.49. The molecule has 1 aliphatic carbocycles. The summed E-state index contributed by atoms with van der Waals surface area (Å²) in [6.07, 6.45) is 3.79. The number of unbranched alkanes of at least 4 members (excludes halogenated alkanes) is 1. The first-order chi connectivity index (χ1) is 19.4. The van der Waals surface area contributed by atoms with E-state index in [0.29, 0.717) is 22.9 Å². The molecule has 0 radical (unpaired) electrons. The average molecular weight is 530 g/mol. The Hall–Kier alpha value is -4.38. The van der Waals surface area contributed by atoms with Crippen LogP contribution in [0.25, 0.3) is 22.3 Å². The second kappa shape index (κ2) is 10.3. The number of benzene rings is 4. The molecule has 4 aromatic rings. The second-order valence-electron chi connectivity index (χ2n) is 11.0. The number of amides is 1. The van der Waals surface area contributed by atoms with Crippen molar-refractivity contribution in [2.45, 2.75) is 51.5 Å². The molecule has 0 saturated carbocycles. The van der Waals surface area contributed by atoms with Crippen LogP contribution in [0.1, 0.15) is 71.6 Å². The Kier molecular flexibility index (Phi) is 6.67. The molecule has 4 aromatic carbocycles. The number of ketones is 1. The van der Waals surface area contributed by atoms with Gasteiger partial charge in [0.1, 0.15) is 0 Å². The van der Waals surface area contributed by atoms with E-state index in [-0.39, 0.29) is 5.78 Å². The lowest BCUT2D eigenvalue weighted by Crippen LogP contribution is -2.47. The van der Waals surface area contributed by atoms with Crippen LogP contribution in [0.2, 0.25) is 0 Å². The van der Waals surface area contributed by atoms with Crippen molar-refractivity contribution < 1.29 is 9.59 Å². The molecule has 0 bridgehead atoms. The smallest absolute Gasteiger partial charge is 0.229 e. The lowest BCUT2D eigenvalue weighted by Gasteiger charge is -2.43.